The fraction of sp³-hybridized carbons (Fsp3) is 0.385. The third-order valence-electron chi connectivity index (χ3n) is 2.77. The Kier molecular flexibility index (Phi) is 4.28. The first-order valence-corrected chi connectivity index (χ1v) is 6.89. The zero-order valence-electron chi connectivity index (χ0n) is 10.3. The molecule has 0 radical (unpaired) electrons. The number of benzene rings is 1. The smallest absolute Gasteiger partial charge is 0.310 e. The molecule has 1 aromatic heterocycles. The molecule has 1 aromatic carbocycles. The van der Waals surface area contributed by atoms with Crippen molar-refractivity contribution in [1.82, 2.24) is 9.88 Å². The van der Waals surface area contributed by atoms with Crippen molar-refractivity contribution in [3.05, 3.63) is 44.3 Å². The van der Waals surface area contributed by atoms with Crippen molar-refractivity contribution in [2.45, 2.75) is 19.9 Å². The molecular formula is C13H16N2O2S. The van der Waals surface area contributed by atoms with Gasteiger partial charge in [-0.25, -0.2) is 0 Å². The van der Waals surface area contributed by atoms with Gasteiger partial charge in [0.05, 0.1) is 5.39 Å². The first-order valence-electron chi connectivity index (χ1n) is 6.07. The van der Waals surface area contributed by atoms with E-state index in [0.717, 1.165) is 35.5 Å². The molecule has 0 bridgehead atoms. The second kappa shape index (κ2) is 5.93. The molecule has 0 saturated heterocycles. The molecule has 0 aliphatic rings. The molecule has 2 rings (SSSR count). The molecule has 1 heterocycles. The fourth-order valence-corrected chi connectivity index (χ4v) is 2.73. The lowest BCUT2D eigenvalue weighted by molar-refractivity contribution is 0.577. The normalized spacial score (nSPS) is 10.9. The summed E-state index contributed by atoms with van der Waals surface area (Å²) >= 11 is 1.13. The van der Waals surface area contributed by atoms with E-state index in [-0.39, 0.29) is 10.4 Å². The lowest BCUT2D eigenvalue weighted by atomic mass is 10.3. The van der Waals surface area contributed by atoms with Crippen LogP contribution in [0.2, 0.25) is 0 Å². The van der Waals surface area contributed by atoms with Crippen LogP contribution in [0, 0.1) is 0 Å². The Morgan fingerprint density at radius 3 is 2.83 bits per heavy atom. The molecule has 0 aliphatic heterocycles. The number of hydrogen-bond acceptors (Lipinski definition) is 4. The van der Waals surface area contributed by atoms with E-state index in [1.54, 1.807) is 6.07 Å². The highest BCUT2D eigenvalue weighted by atomic mass is 32.1. The van der Waals surface area contributed by atoms with Gasteiger partial charge in [0.25, 0.3) is 5.56 Å². The molecule has 0 saturated carbocycles. The van der Waals surface area contributed by atoms with Crippen molar-refractivity contribution < 1.29 is 0 Å². The van der Waals surface area contributed by atoms with Crippen LogP contribution in [0.1, 0.15) is 13.3 Å². The van der Waals surface area contributed by atoms with Crippen molar-refractivity contribution >= 4 is 21.4 Å². The van der Waals surface area contributed by atoms with Crippen molar-refractivity contribution in [3.63, 3.8) is 0 Å². The predicted octanol–water partition coefficient (Wildman–Crippen LogP) is 1.42. The molecule has 0 atom stereocenters. The van der Waals surface area contributed by atoms with Crippen LogP contribution in [0.4, 0.5) is 0 Å². The van der Waals surface area contributed by atoms with E-state index in [2.05, 4.69) is 5.32 Å². The van der Waals surface area contributed by atoms with Gasteiger partial charge in [0.15, 0.2) is 0 Å². The summed E-state index contributed by atoms with van der Waals surface area (Å²) in [6.07, 6.45) is 0.786. The zero-order valence-corrected chi connectivity index (χ0v) is 11.1. The number of hydrogen-bond donors (Lipinski definition) is 1. The molecule has 0 fully saturated rings. The van der Waals surface area contributed by atoms with E-state index in [1.165, 1.54) is 4.57 Å². The van der Waals surface area contributed by atoms with E-state index < -0.39 is 0 Å². The molecule has 4 nitrogen and oxygen atoms in total. The van der Waals surface area contributed by atoms with E-state index in [9.17, 15) is 9.59 Å². The van der Waals surface area contributed by atoms with Crippen molar-refractivity contribution in [2.75, 3.05) is 13.1 Å². The van der Waals surface area contributed by atoms with Crippen molar-refractivity contribution in [1.29, 1.82) is 0 Å². The second-order valence-corrected chi connectivity index (χ2v) is 5.02. The quantitative estimate of drug-likeness (QED) is 0.831. The standard InChI is InChI=1S/C13H16N2O2S/c1-2-14-8-5-9-15-12(16)10-6-3-4-7-11(10)18-13(15)17/h3-4,6-7,14H,2,5,8-9H2,1H3. The second-order valence-electron chi connectivity index (χ2n) is 4.03. The molecule has 2 aromatic rings. The summed E-state index contributed by atoms with van der Waals surface area (Å²) < 4.78 is 2.10. The summed E-state index contributed by atoms with van der Waals surface area (Å²) in [6.45, 7) is 4.23. The van der Waals surface area contributed by atoms with Crippen LogP contribution < -0.4 is 15.7 Å². The van der Waals surface area contributed by atoms with Crippen LogP contribution in [0.3, 0.4) is 0 Å². The van der Waals surface area contributed by atoms with Gasteiger partial charge in [-0.1, -0.05) is 30.4 Å². The zero-order chi connectivity index (χ0) is 13.0. The first kappa shape index (κ1) is 13.0. The van der Waals surface area contributed by atoms with E-state index >= 15 is 0 Å². The van der Waals surface area contributed by atoms with Gasteiger partial charge in [0.2, 0.25) is 0 Å². The number of rotatable bonds is 5. The average molecular weight is 264 g/mol. The summed E-state index contributed by atoms with van der Waals surface area (Å²) in [5, 5.41) is 3.81. The molecule has 0 unspecified atom stereocenters. The number of aromatic nitrogens is 1. The maximum atomic E-state index is 12.2. The average Bonchev–Trinajstić information content (AvgIpc) is 2.38. The summed E-state index contributed by atoms with van der Waals surface area (Å²) in [5.74, 6) is 0. The van der Waals surface area contributed by atoms with Crippen LogP contribution in [0.5, 0.6) is 0 Å². The van der Waals surface area contributed by atoms with Crippen molar-refractivity contribution in [3.8, 4) is 0 Å². The van der Waals surface area contributed by atoms with Gasteiger partial charge in [-0.05, 0) is 31.6 Å². The highest BCUT2D eigenvalue weighted by Crippen LogP contribution is 2.10. The minimum Gasteiger partial charge on any atom is -0.317 e. The Morgan fingerprint density at radius 1 is 1.28 bits per heavy atom. The lowest BCUT2D eigenvalue weighted by Gasteiger charge is -2.05. The minimum atomic E-state index is -0.175. The molecule has 0 spiro atoms. The van der Waals surface area contributed by atoms with Gasteiger partial charge >= 0.3 is 4.87 Å². The first-order chi connectivity index (χ1) is 8.74. The monoisotopic (exact) mass is 264 g/mol. The Bertz CT molecular complexity index is 645. The van der Waals surface area contributed by atoms with Gasteiger partial charge in [-0.15, -0.1) is 0 Å². The van der Waals surface area contributed by atoms with E-state index in [0.29, 0.717) is 11.9 Å². The van der Waals surface area contributed by atoms with E-state index in [1.807, 2.05) is 25.1 Å². The highest BCUT2D eigenvalue weighted by Gasteiger charge is 2.06. The topological polar surface area (TPSA) is 51.1 Å². The Morgan fingerprint density at radius 2 is 2.06 bits per heavy atom. The van der Waals surface area contributed by atoms with Gasteiger partial charge in [-0.2, -0.15) is 0 Å². The third-order valence-corrected chi connectivity index (χ3v) is 3.74. The van der Waals surface area contributed by atoms with Gasteiger partial charge in [-0.3, -0.25) is 14.2 Å². The van der Waals surface area contributed by atoms with Crippen LogP contribution in [-0.2, 0) is 6.54 Å². The molecule has 0 amide bonds. The predicted molar refractivity (Wildman–Crippen MR) is 75.5 cm³/mol. The largest absolute Gasteiger partial charge is 0.317 e. The molecule has 0 aliphatic carbocycles. The maximum absolute atomic E-state index is 12.2. The van der Waals surface area contributed by atoms with Crippen LogP contribution in [0.15, 0.2) is 33.9 Å². The summed E-state index contributed by atoms with van der Waals surface area (Å²) in [6, 6.07) is 7.25. The van der Waals surface area contributed by atoms with Gasteiger partial charge in [0.1, 0.15) is 0 Å². The molecular weight excluding hydrogens is 248 g/mol. The number of nitrogens with one attached hydrogen (secondary N) is 1. The fourth-order valence-electron chi connectivity index (χ4n) is 1.84. The molecule has 18 heavy (non-hydrogen) atoms. The van der Waals surface area contributed by atoms with Crippen LogP contribution in [0.25, 0.3) is 10.1 Å². The summed E-state index contributed by atoms with van der Waals surface area (Å²) in [5.41, 5.74) is -0.175. The third kappa shape index (κ3) is 2.68. The van der Waals surface area contributed by atoms with Gasteiger partial charge in [0, 0.05) is 11.2 Å². The van der Waals surface area contributed by atoms with Crippen LogP contribution in [-0.4, -0.2) is 17.7 Å². The highest BCUT2D eigenvalue weighted by molar-refractivity contribution is 7.16. The number of nitrogens with zero attached hydrogens (tertiary/aromatic N) is 1. The maximum Gasteiger partial charge on any atom is 0.310 e. The molecule has 5 heteroatoms. The Balaban J connectivity index is 2.33. The number of fused-ring (bicyclic) bond motifs is 1. The van der Waals surface area contributed by atoms with Crippen LogP contribution >= 0.6 is 11.3 Å². The lowest BCUT2D eigenvalue weighted by Crippen LogP contribution is -2.32. The SMILES string of the molecule is CCNCCCn1c(=O)sc2ccccc2c1=O. The Labute approximate surface area is 109 Å². The molecule has 96 valence electrons. The summed E-state index contributed by atoms with van der Waals surface area (Å²) in [7, 11) is 0. The van der Waals surface area contributed by atoms with Crippen molar-refractivity contribution in [2.24, 2.45) is 0 Å². The molecule has 1 N–H and O–H groups in total. The van der Waals surface area contributed by atoms with E-state index in [4.69, 9.17) is 0 Å². The van der Waals surface area contributed by atoms with Gasteiger partial charge < -0.3 is 5.32 Å². The summed E-state index contributed by atoms with van der Waals surface area (Å²) in [4.78, 5) is 23.9. The minimum absolute atomic E-state index is 0.171. The Hall–Kier alpha value is -1.46.